The van der Waals surface area contributed by atoms with Crippen LogP contribution >= 0.6 is 0 Å². The zero-order valence-electron chi connectivity index (χ0n) is 14.6. The highest BCUT2D eigenvalue weighted by molar-refractivity contribution is 6.09. The van der Waals surface area contributed by atoms with E-state index in [1.54, 1.807) is 25.1 Å². The van der Waals surface area contributed by atoms with Crippen LogP contribution in [0.3, 0.4) is 0 Å². The van der Waals surface area contributed by atoms with E-state index in [2.05, 4.69) is 20.6 Å². The van der Waals surface area contributed by atoms with Crippen molar-refractivity contribution in [2.45, 2.75) is 6.92 Å². The first kappa shape index (κ1) is 18.8. The van der Waals surface area contributed by atoms with Crippen LogP contribution in [0.2, 0.25) is 0 Å². The minimum atomic E-state index is -1.29. The van der Waals surface area contributed by atoms with E-state index in [0.717, 1.165) is 6.33 Å². The molecule has 0 aliphatic carbocycles. The van der Waals surface area contributed by atoms with Crippen LogP contribution in [0.15, 0.2) is 48.8 Å². The number of rotatable bonds is 5. The predicted octanol–water partition coefficient (Wildman–Crippen LogP) is 3.06. The Balaban J connectivity index is 1.72. The minimum Gasteiger partial charge on any atom is -0.477 e. The van der Waals surface area contributed by atoms with Gasteiger partial charge in [-0.15, -0.1) is 0 Å². The molecule has 3 aromatic rings. The number of nitrogens with zero attached hydrogens (tertiary/aromatic N) is 1. The summed E-state index contributed by atoms with van der Waals surface area (Å²) in [6, 6.07) is 9.90. The van der Waals surface area contributed by atoms with Gasteiger partial charge in [0.2, 0.25) is 0 Å². The third-order valence-electron chi connectivity index (χ3n) is 3.91. The maximum absolute atomic E-state index is 13.0. The van der Waals surface area contributed by atoms with E-state index in [1.165, 1.54) is 24.3 Å². The number of anilines is 2. The molecule has 142 valence electrons. The molecule has 28 heavy (non-hydrogen) atoms. The van der Waals surface area contributed by atoms with E-state index >= 15 is 0 Å². The third-order valence-corrected chi connectivity index (χ3v) is 3.91. The Morgan fingerprint density at radius 2 is 1.75 bits per heavy atom. The summed E-state index contributed by atoms with van der Waals surface area (Å²) in [6.07, 6.45) is 1.12. The number of nitrogens with one attached hydrogen (secondary N) is 3. The van der Waals surface area contributed by atoms with E-state index in [-0.39, 0.29) is 11.4 Å². The van der Waals surface area contributed by atoms with Gasteiger partial charge in [0, 0.05) is 16.9 Å². The molecule has 2 amide bonds. The number of aromatic nitrogens is 2. The van der Waals surface area contributed by atoms with Gasteiger partial charge in [-0.1, -0.05) is 0 Å². The largest absolute Gasteiger partial charge is 0.477 e. The lowest BCUT2D eigenvalue weighted by molar-refractivity contribution is 0.0686. The molecule has 0 atom stereocenters. The van der Waals surface area contributed by atoms with Gasteiger partial charge in [-0.25, -0.2) is 14.2 Å². The van der Waals surface area contributed by atoms with Crippen LogP contribution in [0.1, 0.15) is 36.9 Å². The molecule has 4 N–H and O–H groups in total. The van der Waals surface area contributed by atoms with Crippen LogP contribution in [-0.2, 0) is 0 Å². The van der Waals surface area contributed by atoms with Crippen molar-refractivity contribution in [2.75, 3.05) is 10.6 Å². The number of benzene rings is 2. The number of amides is 2. The van der Waals surface area contributed by atoms with Crippen molar-refractivity contribution in [1.29, 1.82) is 0 Å². The van der Waals surface area contributed by atoms with Crippen LogP contribution in [0.25, 0.3) is 0 Å². The second-order valence-electron chi connectivity index (χ2n) is 5.88. The highest BCUT2D eigenvalue weighted by Crippen LogP contribution is 2.21. The summed E-state index contributed by atoms with van der Waals surface area (Å²) in [7, 11) is 0. The summed E-state index contributed by atoms with van der Waals surface area (Å²) in [6.45, 7) is 1.73. The number of carbonyl (C=O) groups excluding carboxylic acids is 2. The molecule has 0 fully saturated rings. The number of aryl methyl sites for hydroxylation is 1. The minimum absolute atomic E-state index is 0.237. The van der Waals surface area contributed by atoms with Gasteiger partial charge in [0.1, 0.15) is 5.82 Å². The molecule has 0 saturated heterocycles. The molecule has 1 aromatic heterocycles. The van der Waals surface area contributed by atoms with Gasteiger partial charge in [-0.2, -0.15) is 0 Å². The zero-order chi connectivity index (χ0) is 20.3. The van der Waals surface area contributed by atoms with E-state index in [9.17, 15) is 18.8 Å². The van der Waals surface area contributed by atoms with Crippen LogP contribution < -0.4 is 10.6 Å². The number of hydrogen-bond donors (Lipinski definition) is 4. The number of H-pyrrole nitrogens is 1. The first-order chi connectivity index (χ1) is 13.3. The fourth-order valence-electron chi connectivity index (χ4n) is 2.50. The zero-order valence-corrected chi connectivity index (χ0v) is 14.6. The first-order valence-electron chi connectivity index (χ1n) is 8.10. The number of halogens is 1. The summed E-state index contributed by atoms with van der Waals surface area (Å²) < 4.78 is 13.0. The molecule has 8 nitrogen and oxygen atoms in total. The van der Waals surface area contributed by atoms with Crippen molar-refractivity contribution >= 4 is 29.2 Å². The van der Waals surface area contributed by atoms with Crippen molar-refractivity contribution in [3.8, 4) is 0 Å². The molecule has 0 bridgehead atoms. The quantitative estimate of drug-likeness (QED) is 0.540. The molecule has 0 spiro atoms. The topological polar surface area (TPSA) is 124 Å². The second-order valence-corrected chi connectivity index (χ2v) is 5.88. The Bertz CT molecular complexity index is 1060. The summed E-state index contributed by atoms with van der Waals surface area (Å²) in [4.78, 5) is 41.6. The SMILES string of the molecule is Cc1cc(NC(=O)c2nc[nH]c2C(=O)O)ccc1NC(=O)c1ccc(F)cc1. The first-order valence-corrected chi connectivity index (χ1v) is 8.10. The molecular formula is C19H15FN4O4. The smallest absolute Gasteiger partial charge is 0.354 e. The number of aromatic amines is 1. The Morgan fingerprint density at radius 3 is 2.39 bits per heavy atom. The van der Waals surface area contributed by atoms with Crippen molar-refractivity contribution in [2.24, 2.45) is 0 Å². The second kappa shape index (κ2) is 7.70. The van der Waals surface area contributed by atoms with Gasteiger partial charge in [-0.05, 0) is 55.0 Å². The fraction of sp³-hybridized carbons (Fsp3) is 0.0526. The standard InChI is InChI=1S/C19H15FN4O4/c1-10-8-13(23-18(26)15-16(19(27)28)22-9-21-15)6-7-14(10)24-17(25)11-2-4-12(20)5-3-11/h2-9H,1H3,(H,21,22)(H,23,26)(H,24,25)(H,27,28). The number of carbonyl (C=O) groups is 3. The molecule has 2 aromatic carbocycles. The van der Waals surface area contributed by atoms with Gasteiger partial charge >= 0.3 is 5.97 Å². The molecular weight excluding hydrogens is 367 g/mol. The number of carboxylic acid groups (broad SMARTS) is 1. The fourth-order valence-corrected chi connectivity index (χ4v) is 2.50. The van der Waals surface area contributed by atoms with Crippen LogP contribution in [0.4, 0.5) is 15.8 Å². The molecule has 0 radical (unpaired) electrons. The lowest BCUT2D eigenvalue weighted by Crippen LogP contribution is -2.17. The average molecular weight is 382 g/mol. The lowest BCUT2D eigenvalue weighted by atomic mass is 10.1. The van der Waals surface area contributed by atoms with Gasteiger partial charge in [-0.3, -0.25) is 9.59 Å². The molecule has 0 saturated carbocycles. The number of aromatic carboxylic acids is 1. The van der Waals surface area contributed by atoms with Crippen molar-refractivity contribution in [3.63, 3.8) is 0 Å². The van der Waals surface area contributed by atoms with Crippen LogP contribution in [-0.4, -0.2) is 32.9 Å². The van der Waals surface area contributed by atoms with Crippen molar-refractivity contribution < 1.29 is 23.9 Å². The Labute approximate surface area is 158 Å². The number of imidazole rings is 1. The number of carboxylic acids is 1. The molecule has 0 aliphatic rings. The normalized spacial score (nSPS) is 10.4. The van der Waals surface area contributed by atoms with E-state index in [0.29, 0.717) is 22.5 Å². The van der Waals surface area contributed by atoms with Gasteiger partial charge in [0.25, 0.3) is 11.8 Å². The van der Waals surface area contributed by atoms with E-state index in [1.807, 2.05) is 0 Å². The summed E-state index contributed by atoms with van der Waals surface area (Å²) >= 11 is 0. The van der Waals surface area contributed by atoms with Crippen LogP contribution in [0.5, 0.6) is 0 Å². The van der Waals surface area contributed by atoms with Gasteiger partial charge in [0.15, 0.2) is 11.4 Å². The molecule has 9 heteroatoms. The third kappa shape index (κ3) is 4.04. The summed E-state index contributed by atoms with van der Waals surface area (Å²) in [5, 5.41) is 14.3. The predicted molar refractivity (Wildman–Crippen MR) is 99.0 cm³/mol. The molecule has 0 aliphatic heterocycles. The van der Waals surface area contributed by atoms with Gasteiger partial charge in [0.05, 0.1) is 6.33 Å². The Morgan fingerprint density at radius 1 is 1.04 bits per heavy atom. The Kier molecular flexibility index (Phi) is 5.16. The lowest BCUT2D eigenvalue weighted by Gasteiger charge is -2.11. The maximum Gasteiger partial charge on any atom is 0.354 e. The summed E-state index contributed by atoms with van der Waals surface area (Å²) in [5.41, 5.74) is 1.34. The summed E-state index contributed by atoms with van der Waals surface area (Å²) in [5.74, 6) is -2.81. The monoisotopic (exact) mass is 382 g/mol. The highest BCUT2D eigenvalue weighted by atomic mass is 19.1. The van der Waals surface area contributed by atoms with Crippen LogP contribution in [0, 0.1) is 12.7 Å². The van der Waals surface area contributed by atoms with Crippen molar-refractivity contribution in [3.05, 3.63) is 77.1 Å². The maximum atomic E-state index is 13.0. The Hall–Kier alpha value is -4.01. The molecule has 1 heterocycles. The highest BCUT2D eigenvalue weighted by Gasteiger charge is 2.20. The van der Waals surface area contributed by atoms with Crippen molar-refractivity contribution in [1.82, 2.24) is 9.97 Å². The van der Waals surface area contributed by atoms with E-state index < -0.39 is 23.6 Å². The van der Waals surface area contributed by atoms with Gasteiger partial charge < -0.3 is 20.7 Å². The number of hydrogen-bond acceptors (Lipinski definition) is 4. The average Bonchev–Trinajstić information content (AvgIpc) is 3.15. The molecule has 0 unspecified atom stereocenters. The molecule has 3 rings (SSSR count). The van der Waals surface area contributed by atoms with E-state index in [4.69, 9.17) is 5.11 Å².